The Morgan fingerprint density at radius 1 is 1.10 bits per heavy atom. The molecule has 0 saturated carbocycles. The number of aromatic nitrogens is 4. The molecule has 0 spiro atoms. The number of rotatable bonds is 5. The first-order chi connectivity index (χ1) is 14.0. The highest BCUT2D eigenvalue weighted by Gasteiger charge is 2.27. The van der Waals surface area contributed by atoms with Crippen LogP contribution in [0.1, 0.15) is 12.6 Å². The lowest BCUT2D eigenvalue weighted by Gasteiger charge is -2.36. The van der Waals surface area contributed by atoms with Crippen molar-refractivity contribution in [2.75, 3.05) is 38.2 Å². The SMILES string of the molecule is COc1ccc(OC(C)C(=O)N2CCN(c3cc(C)nc4ncnn34)CC2)cc1. The van der Waals surface area contributed by atoms with Gasteiger partial charge < -0.3 is 19.3 Å². The second kappa shape index (κ2) is 7.94. The molecule has 152 valence electrons. The van der Waals surface area contributed by atoms with E-state index < -0.39 is 6.10 Å². The molecule has 1 fully saturated rings. The van der Waals surface area contributed by atoms with Gasteiger partial charge in [-0.25, -0.2) is 4.98 Å². The monoisotopic (exact) mass is 396 g/mol. The maximum absolute atomic E-state index is 12.8. The number of ether oxygens (including phenoxy) is 2. The van der Waals surface area contributed by atoms with Crippen LogP contribution >= 0.6 is 0 Å². The first kappa shape index (κ1) is 19.0. The fraction of sp³-hybridized carbons (Fsp3) is 0.400. The van der Waals surface area contributed by atoms with Crippen molar-refractivity contribution in [2.24, 2.45) is 0 Å². The Hall–Kier alpha value is -3.36. The average Bonchev–Trinajstić information content (AvgIpc) is 3.21. The summed E-state index contributed by atoms with van der Waals surface area (Å²) in [4.78, 5) is 25.4. The highest BCUT2D eigenvalue weighted by Crippen LogP contribution is 2.20. The largest absolute Gasteiger partial charge is 0.497 e. The topological polar surface area (TPSA) is 85.1 Å². The van der Waals surface area contributed by atoms with Gasteiger partial charge in [-0.1, -0.05) is 0 Å². The normalized spacial score (nSPS) is 15.4. The van der Waals surface area contributed by atoms with Crippen molar-refractivity contribution < 1.29 is 14.3 Å². The molecular weight excluding hydrogens is 372 g/mol. The third kappa shape index (κ3) is 3.94. The lowest BCUT2D eigenvalue weighted by atomic mass is 10.2. The van der Waals surface area contributed by atoms with Crippen LogP contribution < -0.4 is 14.4 Å². The maximum atomic E-state index is 12.8. The number of amides is 1. The van der Waals surface area contributed by atoms with Crippen molar-refractivity contribution in [3.8, 4) is 11.5 Å². The lowest BCUT2D eigenvalue weighted by Crippen LogP contribution is -2.52. The van der Waals surface area contributed by atoms with Crippen molar-refractivity contribution in [3.05, 3.63) is 42.4 Å². The van der Waals surface area contributed by atoms with Crippen LogP contribution in [0.3, 0.4) is 0 Å². The van der Waals surface area contributed by atoms with E-state index in [0.29, 0.717) is 37.7 Å². The summed E-state index contributed by atoms with van der Waals surface area (Å²) in [6.45, 7) is 6.37. The molecule has 0 aliphatic carbocycles. The summed E-state index contributed by atoms with van der Waals surface area (Å²) in [7, 11) is 1.61. The first-order valence-corrected chi connectivity index (χ1v) is 9.57. The average molecular weight is 396 g/mol. The molecule has 0 bridgehead atoms. The highest BCUT2D eigenvalue weighted by molar-refractivity contribution is 5.81. The van der Waals surface area contributed by atoms with Gasteiger partial charge in [0, 0.05) is 37.9 Å². The quantitative estimate of drug-likeness (QED) is 0.647. The maximum Gasteiger partial charge on any atom is 0.263 e. The number of benzene rings is 1. The number of hydrogen-bond acceptors (Lipinski definition) is 7. The number of nitrogens with zero attached hydrogens (tertiary/aromatic N) is 6. The van der Waals surface area contributed by atoms with E-state index in [-0.39, 0.29) is 5.91 Å². The minimum absolute atomic E-state index is 0.0164. The van der Waals surface area contributed by atoms with Crippen LogP contribution in [-0.4, -0.2) is 69.8 Å². The number of hydrogen-bond donors (Lipinski definition) is 0. The van der Waals surface area contributed by atoms with Crippen LogP contribution in [0.2, 0.25) is 0 Å². The summed E-state index contributed by atoms with van der Waals surface area (Å²) in [5, 5.41) is 4.27. The highest BCUT2D eigenvalue weighted by atomic mass is 16.5. The van der Waals surface area contributed by atoms with Gasteiger partial charge in [-0.15, -0.1) is 0 Å². The van der Waals surface area contributed by atoms with E-state index in [1.54, 1.807) is 30.7 Å². The molecule has 0 N–H and O–H groups in total. The number of aryl methyl sites for hydroxylation is 1. The van der Waals surface area contributed by atoms with Crippen LogP contribution in [0.4, 0.5) is 5.82 Å². The Balaban J connectivity index is 1.38. The van der Waals surface area contributed by atoms with Gasteiger partial charge in [0.25, 0.3) is 11.7 Å². The van der Waals surface area contributed by atoms with Gasteiger partial charge >= 0.3 is 0 Å². The molecule has 1 aliphatic heterocycles. The van der Waals surface area contributed by atoms with E-state index >= 15 is 0 Å². The van der Waals surface area contributed by atoms with Crippen molar-refractivity contribution in [1.82, 2.24) is 24.5 Å². The predicted octanol–water partition coefficient (Wildman–Crippen LogP) is 1.56. The second-order valence-corrected chi connectivity index (χ2v) is 6.98. The Kier molecular flexibility index (Phi) is 5.20. The van der Waals surface area contributed by atoms with E-state index in [1.807, 2.05) is 30.0 Å². The van der Waals surface area contributed by atoms with Crippen LogP contribution in [0.15, 0.2) is 36.7 Å². The van der Waals surface area contributed by atoms with E-state index in [9.17, 15) is 4.79 Å². The number of carbonyl (C=O) groups excluding carboxylic acids is 1. The van der Waals surface area contributed by atoms with Gasteiger partial charge in [-0.05, 0) is 38.1 Å². The number of anilines is 1. The van der Waals surface area contributed by atoms with Crippen molar-refractivity contribution in [2.45, 2.75) is 20.0 Å². The van der Waals surface area contributed by atoms with E-state index in [0.717, 1.165) is 17.3 Å². The van der Waals surface area contributed by atoms with Crippen LogP contribution in [0, 0.1) is 6.92 Å². The van der Waals surface area contributed by atoms with Crippen LogP contribution in [0.25, 0.3) is 5.78 Å². The Labute approximate surface area is 168 Å². The minimum atomic E-state index is -0.555. The van der Waals surface area contributed by atoms with Gasteiger partial charge in [0.2, 0.25) is 0 Å². The molecule has 2 aromatic heterocycles. The summed E-state index contributed by atoms with van der Waals surface area (Å²) in [6.07, 6.45) is 0.948. The van der Waals surface area contributed by atoms with Crippen molar-refractivity contribution in [3.63, 3.8) is 0 Å². The number of piperazine rings is 1. The summed E-state index contributed by atoms with van der Waals surface area (Å²) in [5.74, 6) is 2.91. The van der Waals surface area contributed by atoms with E-state index in [4.69, 9.17) is 9.47 Å². The zero-order valence-corrected chi connectivity index (χ0v) is 16.8. The standard InChI is InChI=1S/C20H24N6O3/c1-14-12-18(26-20(23-14)21-13-22-26)24-8-10-25(11-9-24)19(27)15(2)29-17-6-4-16(28-3)5-7-17/h4-7,12-13,15H,8-11H2,1-3H3. The van der Waals surface area contributed by atoms with E-state index in [2.05, 4.69) is 20.0 Å². The number of carbonyl (C=O) groups is 1. The first-order valence-electron chi connectivity index (χ1n) is 9.57. The smallest absolute Gasteiger partial charge is 0.263 e. The molecular formula is C20H24N6O3. The fourth-order valence-electron chi connectivity index (χ4n) is 3.46. The molecule has 3 aromatic rings. The van der Waals surface area contributed by atoms with Gasteiger partial charge in [0.15, 0.2) is 6.10 Å². The van der Waals surface area contributed by atoms with Crippen molar-refractivity contribution >= 4 is 17.5 Å². The number of methoxy groups -OCH3 is 1. The lowest BCUT2D eigenvalue weighted by molar-refractivity contribution is -0.138. The van der Waals surface area contributed by atoms with Crippen LogP contribution in [0.5, 0.6) is 11.5 Å². The molecule has 29 heavy (non-hydrogen) atoms. The van der Waals surface area contributed by atoms with E-state index in [1.165, 1.54) is 6.33 Å². The third-order valence-corrected chi connectivity index (χ3v) is 5.00. The van der Waals surface area contributed by atoms with Crippen molar-refractivity contribution in [1.29, 1.82) is 0 Å². The fourth-order valence-corrected chi connectivity index (χ4v) is 3.46. The van der Waals surface area contributed by atoms with Gasteiger partial charge in [0.1, 0.15) is 23.6 Å². The second-order valence-electron chi connectivity index (χ2n) is 6.98. The number of fused-ring (bicyclic) bond motifs is 1. The predicted molar refractivity (Wildman–Crippen MR) is 107 cm³/mol. The van der Waals surface area contributed by atoms with Gasteiger partial charge in [0.05, 0.1) is 7.11 Å². The molecule has 9 heteroatoms. The molecule has 9 nitrogen and oxygen atoms in total. The Morgan fingerprint density at radius 3 is 2.48 bits per heavy atom. The third-order valence-electron chi connectivity index (χ3n) is 5.00. The molecule has 0 radical (unpaired) electrons. The molecule has 1 atom stereocenters. The molecule has 1 unspecified atom stereocenters. The van der Waals surface area contributed by atoms with Gasteiger partial charge in [-0.2, -0.15) is 14.6 Å². The van der Waals surface area contributed by atoms with Crippen LogP contribution in [-0.2, 0) is 4.79 Å². The summed E-state index contributed by atoms with van der Waals surface area (Å²) in [6, 6.07) is 9.22. The summed E-state index contributed by atoms with van der Waals surface area (Å²) >= 11 is 0. The minimum Gasteiger partial charge on any atom is -0.497 e. The zero-order valence-electron chi connectivity index (χ0n) is 16.8. The molecule has 1 aromatic carbocycles. The van der Waals surface area contributed by atoms with Gasteiger partial charge in [-0.3, -0.25) is 4.79 Å². The summed E-state index contributed by atoms with van der Waals surface area (Å²) < 4.78 is 12.7. The molecule has 3 heterocycles. The molecule has 1 saturated heterocycles. The Morgan fingerprint density at radius 2 is 1.79 bits per heavy atom. The molecule has 1 aliphatic rings. The molecule has 4 rings (SSSR count). The zero-order chi connectivity index (χ0) is 20.4. The Bertz CT molecular complexity index is 995. The molecule has 1 amide bonds. The summed E-state index contributed by atoms with van der Waals surface area (Å²) in [5.41, 5.74) is 0.889.